The van der Waals surface area contributed by atoms with Crippen molar-refractivity contribution in [2.75, 3.05) is 44.2 Å². The Balaban J connectivity index is 0.00000150. The summed E-state index contributed by atoms with van der Waals surface area (Å²) in [6, 6.07) is 8.55. The Bertz CT molecular complexity index is 721. The smallest absolute Gasteiger partial charge is 0.233 e. The second kappa shape index (κ2) is 10.5. The maximum atomic E-state index is 12.5. The lowest BCUT2D eigenvalue weighted by Crippen LogP contribution is -2.47. The van der Waals surface area contributed by atoms with Gasteiger partial charge in [-0.15, -0.1) is 24.8 Å². The van der Waals surface area contributed by atoms with Gasteiger partial charge in [0.05, 0.1) is 11.8 Å². The van der Waals surface area contributed by atoms with E-state index in [0.29, 0.717) is 6.54 Å². The molecule has 2 unspecified atom stereocenters. The van der Waals surface area contributed by atoms with E-state index in [1.165, 1.54) is 16.2 Å². The Morgan fingerprint density at radius 3 is 2.03 bits per heavy atom. The molecular weight excluding hydrogens is 409 g/mol. The van der Waals surface area contributed by atoms with Crippen LogP contribution < -0.4 is 4.90 Å². The normalized spacial score (nSPS) is 24.2. The van der Waals surface area contributed by atoms with Crippen molar-refractivity contribution >= 4 is 42.3 Å². The van der Waals surface area contributed by atoms with Gasteiger partial charge >= 0.3 is 0 Å². The molecule has 0 aromatic heterocycles. The predicted molar refractivity (Wildman–Crippen MR) is 121 cm³/mol. The number of nitrogens with zero attached hydrogens (tertiary/aromatic N) is 3. The first-order chi connectivity index (χ1) is 13.1. The summed E-state index contributed by atoms with van der Waals surface area (Å²) in [5.41, 5.74) is 2.66. The Kier molecular flexibility index (Phi) is 8.56. The van der Waals surface area contributed by atoms with E-state index >= 15 is 0 Å². The molecule has 160 valence electrons. The number of carbonyl (C=O) groups is 2. The second-order valence-electron chi connectivity index (χ2n) is 7.95. The summed E-state index contributed by atoms with van der Waals surface area (Å²) in [6.07, 6.45) is 6.42. The van der Waals surface area contributed by atoms with Gasteiger partial charge in [0.2, 0.25) is 11.8 Å². The first-order valence-electron chi connectivity index (χ1n) is 10.2. The molecule has 2 heterocycles. The fourth-order valence-corrected chi connectivity index (χ4v) is 4.67. The number of imide groups is 1. The van der Waals surface area contributed by atoms with Gasteiger partial charge in [-0.1, -0.05) is 30.4 Å². The molecule has 0 saturated carbocycles. The van der Waals surface area contributed by atoms with E-state index in [1.807, 2.05) is 12.2 Å². The number of aryl methyl sites for hydroxylation is 1. The number of piperazine rings is 1. The molecule has 2 atom stereocenters. The van der Waals surface area contributed by atoms with Crippen LogP contribution in [0.25, 0.3) is 0 Å². The highest BCUT2D eigenvalue weighted by molar-refractivity contribution is 6.05. The summed E-state index contributed by atoms with van der Waals surface area (Å²) in [6.45, 7) is 7.81. The molecule has 5 nitrogen and oxygen atoms in total. The van der Waals surface area contributed by atoms with Crippen LogP contribution in [-0.2, 0) is 9.59 Å². The third kappa shape index (κ3) is 4.96. The van der Waals surface area contributed by atoms with E-state index in [4.69, 9.17) is 0 Å². The van der Waals surface area contributed by atoms with Gasteiger partial charge in [0.25, 0.3) is 0 Å². The van der Waals surface area contributed by atoms with Crippen LogP contribution in [0.2, 0.25) is 0 Å². The van der Waals surface area contributed by atoms with Gasteiger partial charge in [-0.05, 0) is 44.4 Å². The highest BCUT2D eigenvalue weighted by Crippen LogP contribution is 2.35. The van der Waals surface area contributed by atoms with Gasteiger partial charge in [0.1, 0.15) is 0 Å². The molecule has 0 radical (unpaired) electrons. The van der Waals surface area contributed by atoms with Crippen molar-refractivity contribution in [2.24, 2.45) is 11.8 Å². The number of allylic oxidation sites excluding steroid dienone is 2. The fourth-order valence-electron chi connectivity index (χ4n) is 4.67. The van der Waals surface area contributed by atoms with Crippen LogP contribution in [0, 0.1) is 18.8 Å². The summed E-state index contributed by atoms with van der Waals surface area (Å²) in [7, 11) is 0. The Hall–Kier alpha value is -1.56. The van der Waals surface area contributed by atoms with E-state index in [-0.39, 0.29) is 48.5 Å². The molecule has 0 N–H and O–H groups in total. The molecule has 3 aliphatic rings. The summed E-state index contributed by atoms with van der Waals surface area (Å²) < 4.78 is 0. The monoisotopic (exact) mass is 439 g/mol. The molecule has 1 aromatic carbocycles. The minimum absolute atomic E-state index is 0. The van der Waals surface area contributed by atoms with Crippen LogP contribution in [-0.4, -0.2) is 60.9 Å². The van der Waals surface area contributed by atoms with Gasteiger partial charge in [-0.2, -0.15) is 0 Å². The lowest BCUT2D eigenvalue weighted by Gasteiger charge is -2.37. The summed E-state index contributed by atoms with van der Waals surface area (Å²) in [5.74, 6) is -0.0854. The average molecular weight is 440 g/mol. The Morgan fingerprint density at radius 2 is 1.45 bits per heavy atom. The number of halogens is 2. The number of benzene rings is 1. The Morgan fingerprint density at radius 1 is 0.862 bits per heavy atom. The van der Waals surface area contributed by atoms with Gasteiger partial charge in [-0.25, -0.2) is 0 Å². The van der Waals surface area contributed by atoms with Crippen LogP contribution in [0.3, 0.4) is 0 Å². The molecule has 0 bridgehead atoms. The molecule has 2 amide bonds. The quantitative estimate of drug-likeness (QED) is 0.521. The van der Waals surface area contributed by atoms with Gasteiger partial charge in [-0.3, -0.25) is 19.4 Å². The number of hydrogen-bond acceptors (Lipinski definition) is 4. The van der Waals surface area contributed by atoms with Crippen LogP contribution in [0.1, 0.15) is 24.8 Å². The van der Waals surface area contributed by atoms with Crippen molar-refractivity contribution in [1.82, 2.24) is 9.80 Å². The summed E-state index contributed by atoms with van der Waals surface area (Å²) >= 11 is 0. The van der Waals surface area contributed by atoms with Crippen LogP contribution in [0.4, 0.5) is 5.69 Å². The molecule has 0 spiro atoms. The number of amides is 2. The number of hydrogen-bond donors (Lipinski definition) is 0. The molecule has 2 saturated heterocycles. The van der Waals surface area contributed by atoms with Crippen LogP contribution >= 0.6 is 24.8 Å². The molecule has 4 rings (SSSR count). The van der Waals surface area contributed by atoms with Crippen molar-refractivity contribution < 1.29 is 9.59 Å². The molecule has 29 heavy (non-hydrogen) atoms. The first kappa shape index (κ1) is 23.7. The molecule has 7 heteroatoms. The zero-order valence-corrected chi connectivity index (χ0v) is 18.6. The standard InChI is InChI=1S/C22H29N3O2.2ClH/c1-17-7-2-5-10-20(17)24-15-13-23(14-16-24)11-6-12-25-21(26)18-8-3-4-9-19(18)22(25)27;;/h2-5,7,10,18-19H,6,8-9,11-16H2,1H3;2*1H. The third-order valence-corrected chi connectivity index (χ3v) is 6.28. The van der Waals surface area contributed by atoms with E-state index in [0.717, 1.165) is 52.0 Å². The summed E-state index contributed by atoms with van der Waals surface area (Å²) in [5, 5.41) is 0. The number of rotatable bonds is 5. The number of likely N-dealkylation sites (tertiary alicyclic amines) is 1. The van der Waals surface area contributed by atoms with E-state index in [9.17, 15) is 9.59 Å². The van der Waals surface area contributed by atoms with E-state index in [2.05, 4.69) is 41.0 Å². The van der Waals surface area contributed by atoms with Gasteiger partial charge < -0.3 is 4.90 Å². The zero-order valence-electron chi connectivity index (χ0n) is 17.0. The average Bonchev–Trinajstić information content (AvgIpc) is 2.94. The lowest BCUT2D eigenvalue weighted by atomic mass is 9.85. The molecule has 1 aromatic rings. The SMILES string of the molecule is Cc1ccccc1N1CCN(CCCN2C(=O)C3CC=CCC3C2=O)CC1.Cl.Cl. The Labute approximate surface area is 185 Å². The topological polar surface area (TPSA) is 43.9 Å². The lowest BCUT2D eigenvalue weighted by molar-refractivity contribution is -0.140. The zero-order chi connectivity index (χ0) is 18.8. The van der Waals surface area contributed by atoms with Crippen LogP contribution in [0.15, 0.2) is 36.4 Å². The number of fused-ring (bicyclic) bond motifs is 1. The van der Waals surface area contributed by atoms with E-state index < -0.39 is 0 Å². The van der Waals surface area contributed by atoms with Crippen molar-refractivity contribution in [3.63, 3.8) is 0 Å². The van der Waals surface area contributed by atoms with Crippen molar-refractivity contribution in [3.8, 4) is 0 Å². The number of para-hydroxylation sites is 1. The molecule has 1 aliphatic carbocycles. The number of carbonyl (C=O) groups excluding carboxylic acids is 2. The van der Waals surface area contributed by atoms with Gasteiger partial charge in [0, 0.05) is 38.4 Å². The molecular formula is C22H31Cl2N3O2. The maximum Gasteiger partial charge on any atom is 0.233 e. The second-order valence-corrected chi connectivity index (χ2v) is 7.95. The van der Waals surface area contributed by atoms with Crippen molar-refractivity contribution in [1.29, 1.82) is 0 Å². The van der Waals surface area contributed by atoms with Crippen LogP contribution in [0.5, 0.6) is 0 Å². The fraction of sp³-hybridized carbons (Fsp3) is 0.545. The largest absolute Gasteiger partial charge is 0.369 e. The summed E-state index contributed by atoms with van der Waals surface area (Å²) in [4.78, 5) is 31.5. The van der Waals surface area contributed by atoms with Crippen molar-refractivity contribution in [2.45, 2.75) is 26.2 Å². The predicted octanol–water partition coefficient (Wildman–Crippen LogP) is 3.30. The van der Waals surface area contributed by atoms with Crippen molar-refractivity contribution in [3.05, 3.63) is 42.0 Å². The van der Waals surface area contributed by atoms with Gasteiger partial charge in [0.15, 0.2) is 0 Å². The highest BCUT2D eigenvalue weighted by Gasteiger charge is 2.46. The number of anilines is 1. The highest BCUT2D eigenvalue weighted by atomic mass is 35.5. The third-order valence-electron chi connectivity index (χ3n) is 6.28. The molecule has 2 fully saturated rings. The minimum Gasteiger partial charge on any atom is -0.369 e. The minimum atomic E-state index is -0.0971. The molecule has 2 aliphatic heterocycles. The first-order valence-corrected chi connectivity index (χ1v) is 10.2. The maximum absolute atomic E-state index is 12.5. The van der Waals surface area contributed by atoms with E-state index in [1.54, 1.807) is 0 Å².